The van der Waals surface area contributed by atoms with E-state index in [9.17, 15) is 39.0 Å². The van der Waals surface area contributed by atoms with E-state index in [0.717, 1.165) is 0 Å². The van der Waals surface area contributed by atoms with Gasteiger partial charge in [0.25, 0.3) is 0 Å². The number of aromatic hydroxyl groups is 1. The lowest BCUT2D eigenvalue weighted by atomic mass is 9.89. The van der Waals surface area contributed by atoms with Gasteiger partial charge in [-0.05, 0) is 75.1 Å². The van der Waals surface area contributed by atoms with Gasteiger partial charge in [-0.2, -0.15) is 0 Å². The maximum Gasteiger partial charge on any atom is 0.306 e. The molecule has 0 fully saturated rings. The fourth-order valence-electron chi connectivity index (χ4n) is 5.84. The van der Waals surface area contributed by atoms with Crippen LogP contribution < -0.4 is 32.7 Å². The summed E-state index contributed by atoms with van der Waals surface area (Å²) in [5, 5.41) is 30.4. The molecule has 0 bridgehead atoms. The number of aromatic amines is 1. The van der Waals surface area contributed by atoms with E-state index in [0.29, 0.717) is 30.6 Å². The van der Waals surface area contributed by atoms with Crippen molar-refractivity contribution in [1.82, 2.24) is 31.2 Å². The molecule has 0 spiro atoms. The summed E-state index contributed by atoms with van der Waals surface area (Å²) in [6, 6.07) is 0.386. The van der Waals surface area contributed by atoms with Crippen LogP contribution in [0.25, 0.3) is 0 Å². The van der Waals surface area contributed by atoms with Crippen LogP contribution in [0.1, 0.15) is 70.1 Å². The molecule has 1 aliphatic rings. The van der Waals surface area contributed by atoms with Crippen molar-refractivity contribution < 1.29 is 39.0 Å². The van der Waals surface area contributed by atoms with E-state index in [4.69, 9.17) is 11.5 Å². The summed E-state index contributed by atoms with van der Waals surface area (Å²) < 4.78 is 0. The average Bonchev–Trinajstić information content (AvgIpc) is 3.61. The Labute approximate surface area is 303 Å². The number of imidazole rings is 1. The number of ketones is 1. The Morgan fingerprint density at radius 3 is 2.27 bits per heavy atom. The molecule has 0 radical (unpaired) electrons. The van der Waals surface area contributed by atoms with Crippen LogP contribution in [-0.2, 0) is 41.6 Å². The number of Topliss-reactive ketones (excluding diaryl/α,β-unsaturated/α-hetero) is 1. The third-order valence-electron chi connectivity index (χ3n) is 8.72. The molecule has 16 nitrogen and oxygen atoms in total. The first-order valence-corrected chi connectivity index (χ1v) is 17.6. The highest BCUT2D eigenvalue weighted by Gasteiger charge is 2.33. The summed E-state index contributed by atoms with van der Waals surface area (Å²) in [6.07, 6.45) is 7.34. The highest BCUT2D eigenvalue weighted by molar-refractivity contribution is 5.97. The van der Waals surface area contributed by atoms with Gasteiger partial charge in [0, 0.05) is 24.7 Å². The van der Waals surface area contributed by atoms with Crippen LogP contribution in [0, 0.1) is 11.8 Å². The predicted octanol–water partition coefficient (Wildman–Crippen LogP) is 0.352. The van der Waals surface area contributed by atoms with E-state index >= 15 is 0 Å². The van der Waals surface area contributed by atoms with Crippen LogP contribution in [0.2, 0.25) is 0 Å². The lowest BCUT2D eigenvalue weighted by molar-refractivity contribution is -0.144. The minimum absolute atomic E-state index is 0.00127. The topological polar surface area (TPSA) is 272 Å². The summed E-state index contributed by atoms with van der Waals surface area (Å²) in [7, 11) is 0. The molecule has 0 aliphatic carbocycles. The molecule has 284 valence electrons. The van der Waals surface area contributed by atoms with E-state index in [1.807, 2.05) is 13.8 Å². The zero-order valence-corrected chi connectivity index (χ0v) is 29.7. The van der Waals surface area contributed by atoms with E-state index in [1.165, 1.54) is 24.7 Å². The third kappa shape index (κ3) is 13.6. The number of unbranched alkanes of at least 4 members (excludes halogenated alkanes) is 1. The first-order chi connectivity index (χ1) is 24.8. The molecular formula is C36H52N8O8. The van der Waals surface area contributed by atoms with E-state index in [2.05, 4.69) is 31.2 Å². The maximum absolute atomic E-state index is 14.0. The lowest BCUT2D eigenvalue weighted by Crippen LogP contribution is -2.59. The van der Waals surface area contributed by atoms with Gasteiger partial charge in [0.15, 0.2) is 5.78 Å². The fourth-order valence-corrected chi connectivity index (χ4v) is 5.84. The molecule has 1 aromatic carbocycles. The normalized spacial score (nSPS) is 21.3. The number of carboxylic acid groups (broad SMARTS) is 1. The molecule has 3 rings (SSSR count). The standard InChI is InChI=1S/C36H52N8O8/c1-21(2)15-23(36(51)52)17-31(46)29(16-22-10-12-25(45)13-11-22)43-33(48)28-8-4-3-7-26(38)32(47)41-27(9-5-6-14-37)34(49)44-30(35(50)42-28)18-24-19-39-20-40-24/h3-4,10-13,19-21,23,26-30,45H,5-9,14-18,37-38H2,1-2H3,(H,39,40)(H,41,47)(H,42,50)(H,43,48)(H,44,49)(H,51,52)/t23-,26+,27+,28+,29+,30+/m1/s1. The molecule has 1 aliphatic heterocycles. The fraction of sp³-hybridized carbons (Fsp3) is 0.528. The predicted molar refractivity (Wildman–Crippen MR) is 191 cm³/mol. The number of nitrogens with zero attached hydrogens (tertiary/aromatic N) is 1. The Morgan fingerprint density at radius 2 is 1.63 bits per heavy atom. The molecule has 6 atom stereocenters. The number of H-pyrrole nitrogens is 1. The van der Waals surface area contributed by atoms with Gasteiger partial charge in [-0.3, -0.25) is 28.8 Å². The first-order valence-electron chi connectivity index (χ1n) is 17.6. The summed E-state index contributed by atoms with van der Waals surface area (Å²) in [4.78, 5) is 87.0. The molecule has 2 heterocycles. The van der Waals surface area contributed by atoms with Crippen molar-refractivity contribution in [2.45, 2.75) is 102 Å². The van der Waals surface area contributed by atoms with Crippen LogP contribution in [0.15, 0.2) is 48.9 Å². The van der Waals surface area contributed by atoms with E-state index in [-0.39, 0.29) is 56.6 Å². The van der Waals surface area contributed by atoms with E-state index in [1.54, 1.807) is 24.3 Å². The number of carbonyl (C=O) groups is 6. The van der Waals surface area contributed by atoms with Gasteiger partial charge in [0.05, 0.1) is 24.3 Å². The van der Waals surface area contributed by atoms with Crippen LogP contribution in [-0.4, -0.2) is 92.3 Å². The molecule has 1 aromatic heterocycles. The van der Waals surface area contributed by atoms with Crippen molar-refractivity contribution in [3.63, 3.8) is 0 Å². The number of nitrogens with one attached hydrogen (secondary N) is 5. The zero-order chi connectivity index (χ0) is 38.2. The van der Waals surface area contributed by atoms with Gasteiger partial charge in [0.2, 0.25) is 23.6 Å². The van der Waals surface area contributed by atoms with Crippen molar-refractivity contribution in [2.75, 3.05) is 6.54 Å². The highest BCUT2D eigenvalue weighted by Crippen LogP contribution is 2.19. The Kier molecular flexibility index (Phi) is 16.4. The summed E-state index contributed by atoms with van der Waals surface area (Å²) >= 11 is 0. The van der Waals surface area contributed by atoms with Crippen molar-refractivity contribution in [3.8, 4) is 5.75 Å². The largest absolute Gasteiger partial charge is 0.508 e. The number of rotatable bonds is 16. The van der Waals surface area contributed by atoms with Crippen LogP contribution in [0.5, 0.6) is 5.75 Å². The molecule has 4 amide bonds. The Hall–Kier alpha value is -5.09. The lowest BCUT2D eigenvalue weighted by Gasteiger charge is -2.27. The van der Waals surface area contributed by atoms with Gasteiger partial charge in [-0.15, -0.1) is 0 Å². The SMILES string of the molecule is CC(C)C[C@H](CC(=O)[C@H](Cc1ccc(O)cc1)NC(=O)[C@@H]1CC=CC[C@H](N)C(=O)N[C@@H](CCCCN)C(=O)N[C@@H](Cc2cnc[nH]2)C(=O)N1)C(=O)O. The molecule has 52 heavy (non-hydrogen) atoms. The summed E-state index contributed by atoms with van der Waals surface area (Å²) in [5.74, 6) is -5.24. The van der Waals surface area contributed by atoms with Crippen LogP contribution in [0.3, 0.4) is 0 Å². The maximum atomic E-state index is 14.0. The first kappa shape index (κ1) is 41.3. The second-order valence-corrected chi connectivity index (χ2v) is 13.6. The quantitative estimate of drug-likeness (QED) is 0.0842. The number of aromatic nitrogens is 2. The Bertz CT molecular complexity index is 1530. The minimum Gasteiger partial charge on any atom is -0.508 e. The molecular weight excluding hydrogens is 672 g/mol. The van der Waals surface area contributed by atoms with Gasteiger partial charge < -0.3 is 47.9 Å². The van der Waals surface area contributed by atoms with Gasteiger partial charge in [-0.25, -0.2) is 4.98 Å². The number of carbonyl (C=O) groups excluding carboxylic acids is 5. The molecule has 0 saturated heterocycles. The number of nitrogens with two attached hydrogens (primary N) is 2. The minimum atomic E-state index is -1.25. The smallest absolute Gasteiger partial charge is 0.306 e. The number of benzene rings is 1. The summed E-state index contributed by atoms with van der Waals surface area (Å²) in [5.41, 5.74) is 12.9. The monoisotopic (exact) mass is 724 g/mol. The van der Waals surface area contributed by atoms with Crippen molar-refractivity contribution in [2.24, 2.45) is 23.3 Å². The number of amides is 4. The van der Waals surface area contributed by atoms with Crippen molar-refractivity contribution in [3.05, 3.63) is 60.2 Å². The molecule has 0 saturated carbocycles. The molecule has 11 N–H and O–H groups in total. The average molecular weight is 725 g/mol. The van der Waals surface area contributed by atoms with Gasteiger partial charge in [0.1, 0.15) is 23.9 Å². The molecule has 16 heteroatoms. The number of hydrogen-bond acceptors (Lipinski definition) is 10. The number of phenols is 1. The zero-order valence-electron chi connectivity index (χ0n) is 29.7. The summed E-state index contributed by atoms with van der Waals surface area (Å²) in [6.45, 7) is 4.09. The second-order valence-electron chi connectivity index (χ2n) is 13.6. The van der Waals surface area contributed by atoms with Crippen molar-refractivity contribution in [1.29, 1.82) is 0 Å². The van der Waals surface area contributed by atoms with Crippen LogP contribution in [0.4, 0.5) is 0 Å². The number of carboxylic acids is 1. The van der Waals surface area contributed by atoms with E-state index < -0.39 is 71.5 Å². The number of hydrogen-bond donors (Lipinski definition) is 9. The number of phenolic OH excluding ortho intramolecular Hbond substituents is 1. The Morgan fingerprint density at radius 1 is 0.962 bits per heavy atom. The third-order valence-corrected chi connectivity index (χ3v) is 8.72. The Balaban J connectivity index is 1.94. The van der Waals surface area contributed by atoms with Gasteiger partial charge in [-0.1, -0.05) is 38.1 Å². The van der Waals surface area contributed by atoms with Gasteiger partial charge >= 0.3 is 5.97 Å². The second kappa shape index (κ2) is 20.7. The molecule has 0 unspecified atom stereocenters. The molecule has 2 aromatic rings. The van der Waals surface area contributed by atoms with Crippen LogP contribution >= 0.6 is 0 Å². The van der Waals surface area contributed by atoms with Crippen molar-refractivity contribution >= 4 is 35.4 Å². The highest BCUT2D eigenvalue weighted by atomic mass is 16.4. The number of aliphatic carboxylic acids is 1.